The van der Waals surface area contributed by atoms with E-state index in [4.69, 9.17) is 0 Å². The van der Waals surface area contributed by atoms with E-state index in [0.717, 1.165) is 32.3 Å². The van der Waals surface area contributed by atoms with Crippen LogP contribution in [0.4, 0.5) is 0 Å². The molecule has 4 nitrogen and oxygen atoms in total. The maximum absolute atomic E-state index is 9.68. The van der Waals surface area contributed by atoms with Gasteiger partial charge in [-0.15, -0.1) is 45.3 Å². The molecule has 0 aliphatic carbocycles. The molecule has 0 saturated heterocycles. The van der Waals surface area contributed by atoms with Crippen molar-refractivity contribution in [2.75, 3.05) is 0 Å². The number of rotatable bonds is 6. The highest BCUT2D eigenvalue weighted by Gasteiger charge is 2.11. The Kier molecular flexibility index (Phi) is 6.57. The summed E-state index contributed by atoms with van der Waals surface area (Å²) >= 11 is 6.19. The summed E-state index contributed by atoms with van der Waals surface area (Å²) in [4.78, 5) is 11.4. The minimum Gasteiger partial charge on any atom is -0.234 e. The molecule has 0 N–H and O–H groups in total. The van der Waals surface area contributed by atoms with Crippen LogP contribution in [-0.4, -0.2) is 9.97 Å². The third-order valence-corrected chi connectivity index (χ3v) is 8.35. The Bertz CT molecular complexity index is 1430. The molecule has 0 bridgehead atoms. The van der Waals surface area contributed by atoms with Crippen molar-refractivity contribution in [1.29, 1.82) is 10.5 Å². The van der Waals surface area contributed by atoms with Crippen molar-refractivity contribution in [3.63, 3.8) is 0 Å². The summed E-state index contributed by atoms with van der Waals surface area (Å²) in [7, 11) is 0. The Morgan fingerprint density at radius 1 is 0.647 bits per heavy atom. The van der Waals surface area contributed by atoms with E-state index in [0.29, 0.717) is 21.2 Å². The van der Waals surface area contributed by atoms with E-state index in [-0.39, 0.29) is 0 Å². The lowest BCUT2D eigenvalue weighted by molar-refractivity contribution is 1.38. The van der Waals surface area contributed by atoms with Crippen molar-refractivity contribution in [2.45, 2.75) is 0 Å². The van der Waals surface area contributed by atoms with Gasteiger partial charge in [0, 0.05) is 10.8 Å². The first-order valence-corrected chi connectivity index (χ1v) is 13.6. The van der Waals surface area contributed by atoms with Crippen LogP contribution in [0.1, 0.15) is 21.1 Å². The number of allylic oxidation sites excluding steroid dienone is 2. The summed E-state index contributed by atoms with van der Waals surface area (Å²) in [5.74, 6) is 0. The Morgan fingerprint density at radius 3 is 1.44 bits per heavy atom. The fraction of sp³-hybridized carbons (Fsp3) is 0. The third kappa shape index (κ3) is 4.81. The third-order valence-electron chi connectivity index (χ3n) is 4.82. The molecule has 0 aliphatic rings. The van der Waals surface area contributed by atoms with Crippen molar-refractivity contribution in [3.05, 3.63) is 91.2 Å². The van der Waals surface area contributed by atoms with E-state index < -0.39 is 0 Å². The Labute approximate surface area is 212 Å². The molecule has 0 amide bonds. The lowest BCUT2D eigenvalue weighted by Crippen LogP contribution is -1.84. The normalized spacial score (nSPS) is 11.8. The molecule has 1 aromatic carbocycles. The standard InChI is InChI=1S/C26H14N4S4/c27-13-19(25-29-21(15-33-25)23-3-1-9-31-23)11-17-5-7-18(8-6-17)12-20(14-28)26-30-22(16-34-26)24-4-2-10-32-24/h1-12,15-16H/b19-11+,20-12+. The molecular weight excluding hydrogens is 497 g/mol. The molecule has 5 aromatic rings. The van der Waals surface area contributed by atoms with Crippen molar-refractivity contribution in [1.82, 2.24) is 9.97 Å². The SMILES string of the molecule is N#C/C(=C\c1ccc(/C=C(\C#N)c2nc(-c3cccs3)cs2)cc1)c1nc(-c2cccs2)cs1. The molecule has 0 atom stereocenters. The molecule has 0 saturated carbocycles. The second kappa shape index (κ2) is 10.1. The zero-order chi connectivity index (χ0) is 23.3. The predicted octanol–water partition coefficient (Wildman–Crippen LogP) is 8.18. The van der Waals surface area contributed by atoms with Crippen LogP contribution < -0.4 is 0 Å². The zero-order valence-electron chi connectivity index (χ0n) is 17.5. The molecule has 5 rings (SSSR count). The summed E-state index contributed by atoms with van der Waals surface area (Å²) in [6, 6.07) is 20.3. The fourth-order valence-corrected chi connectivity index (χ4v) is 6.27. The predicted molar refractivity (Wildman–Crippen MR) is 144 cm³/mol. The largest absolute Gasteiger partial charge is 0.234 e. The molecule has 34 heavy (non-hydrogen) atoms. The van der Waals surface area contributed by atoms with Gasteiger partial charge in [-0.05, 0) is 46.2 Å². The highest BCUT2D eigenvalue weighted by molar-refractivity contribution is 7.15. The quantitative estimate of drug-likeness (QED) is 0.216. The summed E-state index contributed by atoms with van der Waals surface area (Å²) in [5, 5.41) is 28.8. The van der Waals surface area contributed by atoms with Gasteiger partial charge in [0.15, 0.2) is 0 Å². The van der Waals surface area contributed by atoms with Gasteiger partial charge in [-0.3, -0.25) is 0 Å². The van der Waals surface area contributed by atoms with E-state index in [1.807, 2.05) is 82.2 Å². The monoisotopic (exact) mass is 510 g/mol. The lowest BCUT2D eigenvalue weighted by Gasteiger charge is -1.99. The highest BCUT2D eigenvalue weighted by atomic mass is 32.1. The highest BCUT2D eigenvalue weighted by Crippen LogP contribution is 2.31. The molecule has 162 valence electrons. The van der Waals surface area contributed by atoms with Gasteiger partial charge in [0.1, 0.15) is 22.2 Å². The van der Waals surface area contributed by atoms with Crippen LogP contribution in [0.3, 0.4) is 0 Å². The fourth-order valence-electron chi connectivity index (χ4n) is 3.18. The van der Waals surface area contributed by atoms with Gasteiger partial charge in [0.2, 0.25) is 0 Å². The molecular formula is C26H14N4S4. The van der Waals surface area contributed by atoms with E-state index in [2.05, 4.69) is 22.1 Å². The van der Waals surface area contributed by atoms with Crippen LogP contribution in [0.5, 0.6) is 0 Å². The Balaban J connectivity index is 1.36. The van der Waals surface area contributed by atoms with Crippen LogP contribution in [-0.2, 0) is 0 Å². The summed E-state index contributed by atoms with van der Waals surface area (Å²) < 4.78 is 0. The van der Waals surface area contributed by atoms with E-state index >= 15 is 0 Å². The number of hydrogen-bond acceptors (Lipinski definition) is 8. The van der Waals surface area contributed by atoms with Crippen LogP contribution >= 0.6 is 45.3 Å². The van der Waals surface area contributed by atoms with Crippen molar-refractivity contribution in [2.24, 2.45) is 0 Å². The number of hydrogen-bond donors (Lipinski definition) is 0. The van der Waals surface area contributed by atoms with Gasteiger partial charge in [0.05, 0.1) is 32.3 Å². The summed E-state index contributed by atoms with van der Waals surface area (Å²) in [5.41, 5.74) is 4.63. The average molecular weight is 511 g/mol. The molecule has 0 unspecified atom stereocenters. The van der Waals surface area contributed by atoms with E-state index in [9.17, 15) is 10.5 Å². The van der Waals surface area contributed by atoms with Gasteiger partial charge in [-0.1, -0.05) is 36.4 Å². The molecule has 0 aliphatic heterocycles. The minimum absolute atomic E-state index is 0.526. The van der Waals surface area contributed by atoms with Crippen molar-refractivity contribution >= 4 is 68.6 Å². The maximum Gasteiger partial charge on any atom is 0.134 e. The first-order chi connectivity index (χ1) is 16.7. The molecule has 4 heterocycles. The number of thiazole rings is 2. The summed E-state index contributed by atoms with van der Waals surface area (Å²) in [6.07, 6.45) is 3.67. The van der Waals surface area contributed by atoms with Gasteiger partial charge >= 0.3 is 0 Å². The topological polar surface area (TPSA) is 73.4 Å². The zero-order valence-corrected chi connectivity index (χ0v) is 20.8. The maximum atomic E-state index is 9.68. The van der Waals surface area contributed by atoms with Crippen LogP contribution in [0.15, 0.2) is 70.1 Å². The van der Waals surface area contributed by atoms with Gasteiger partial charge in [0.25, 0.3) is 0 Å². The van der Waals surface area contributed by atoms with Gasteiger partial charge in [-0.25, -0.2) is 9.97 Å². The van der Waals surface area contributed by atoms with E-state index in [1.165, 1.54) is 22.7 Å². The number of thiophene rings is 2. The first-order valence-electron chi connectivity index (χ1n) is 10.1. The molecule has 0 fully saturated rings. The second-order valence-electron chi connectivity index (χ2n) is 7.04. The van der Waals surface area contributed by atoms with Crippen molar-refractivity contribution in [3.8, 4) is 33.3 Å². The van der Waals surface area contributed by atoms with Crippen LogP contribution in [0.25, 0.3) is 44.4 Å². The molecule has 4 aromatic heterocycles. The van der Waals surface area contributed by atoms with Crippen molar-refractivity contribution < 1.29 is 0 Å². The molecule has 8 heteroatoms. The minimum atomic E-state index is 0.526. The Morgan fingerprint density at radius 2 is 1.09 bits per heavy atom. The van der Waals surface area contributed by atoms with Crippen LogP contribution in [0, 0.1) is 22.7 Å². The summed E-state index contributed by atoms with van der Waals surface area (Å²) in [6.45, 7) is 0. The number of aromatic nitrogens is 2. The average Bonchev–Trinajstić information content (AvgIpc) is 3.68. The first kappa shape index (κ1) is 22.1. The Hall–Kier alpha value is -3.66. The van der Waals surface area contributed by atoms with Crippen LogP contribution in [0.2, 0.25) is 0 Å². The van der Waals surface area contributed by atoms with Gasteiger partial charge in [-0.2, -0.15) is 10.5 Å². The number of benzene rings is 1. The lowest BCUT2D eigenvalue weighted by atomic mass is 10.1. The number of nitrogens with zero attached hydrogens (tertiary/aromatic N) is 4. The second-order valence-corrected chi connectivity index (χ2v) is 10.6. The molecule has 0 radical (unpaired) electrons. The molecule has 0 spiro atoms. The number of nitriles is 2. The van der Waals surface area contributed by atoms with Gasteiger partial charge < -0.3 is 0 Å². The smallest absolute Gasteiger partial charge is 0.134 e. The van der Waals surface area contributed by atoms with E-state index in [1.54, 1.807) is 22.7 Å².